The lowest BCUT2D eigenvalue weighted by Gasteiger charge is -2.14. The van der Waals surface area contributed by atoms with Gasteiger partial charge in [0, 0.05) is 11.4 Å². The molecule has 1 unspecified atom stereocenters. The number of carbonyl (C=O) groups excluding carboxylic acids is 1. The molecular weight excluding hydrogens is 324 g/mol. The van der Waals surface area contributed by atoms with Crippen LogP contribution in [-0.2, 0) is 14.5 Å². The lowest BCUT2D eigenvalue weighted by atomic mass is 10.3. The van der Waals surface area contributed by atoms with Crippen LogP contribution in [0.4, 0.5) is 16.5 Å². The number of para-hydroxylation sites is 1. The Morgan fingerprint density at radius 2 is 2.22 bits per heavy atom. The average Bonchev–Trinajstić information content (AvgIpc) is 3.10. The summed E-state index contributed by atoms with van der Waals surface area (Å²) in [5.41, 5.74) is 6.01. The first-order valence-electron chi connectivity index (χ1n) is 6.24. The molecule has 0 amide bonds. The summed E-state index contributed by atoms with van der Waals surface area (Å²) in [6.45, 7) is 0. The van der Waals surface area contributed by atoms with Crippen LogP contribution in [0, 0.1) is 0 Å². The molecule has 2 heterocycles. The Balaban J connectivity index is 1.89. The first-order chi connectivity index (χ1) is 11.0. The number of nitrogens with two attached hydrogens (primary N) is 1. The molecule has 0 spiro atoms. The Morgan fingerprint density at radius 1 is 1.43 bits per heavy atom. The van der Waals surface area contributed by atoms with E-state index in [1.165, 1.54) is 18.6 Å². The summed E-state index contributed by atoms with van der Waals surface area (Å²) in [4.78, 5) is 24.4. The van der Waals surface area contributed by atoms with Gasteiger partial charge in [0.1, 0.15) is 18.0 Å². The molecule has 0 radical (unpaired) electrons. The molecule has 23 heavy (non-hydrogen) atoms. The number of hydrogen-bond acceptors (Lipinski definition) is 10. The Kier molecular flexibility index (Phi) is 3.73. The van der Waals surface area contributed by atoms with E-state index < -0.39 is 10.9 Å². The summed E-state index contributed by atoms with van der Waals surface area (Å²) in [5, 5.41) is 23.0. The molecule has 1 aliphatic rings. The number of fused-ring (bicyclic) bond motifs is 1. The highest BCUT2D eigenvalue weighted by Gasteiger charge is 2.45. The molecule has 118 valence electrons. The molecule has 11 heteroatoms. The van der Waals surface area contributed by atoms with Crippen LogP contribution in [0.15, 0.2) is 45.1 Å². The van der Waals surface area contributed by atoms with Gasteiger partial charge in [-0.3, -0.25) is 0 Å². The smallest absolute Gasteiger partial charge is 0.398 e. The van der Waals surface area contributed by atoms with E-state index >= 15 is 0 Å². The summed E-state index contributed by atoms with van der Waals surface area (Å²) < 4.78 is 0. The van der Waals surface area contributed by atoms with Gasteiger partial charge in [0.25, 0.3) is 5.69 Å². The van der Waals surface area contributed by atoms with Gasteiger partial charge in [-0.1, -0.05) is 22.4 Å². The van der Waals surface area contributed by atoms with E-state index in [1.54, 1.807) is 18.2 Å². The van der Waals surface area contributed by atoms with Crippen molar-refractivity contribution in [1.82, 2.24) is 9.90 Å². The van der Waals surface area contributed by atoms with Crippen LogP contribution in [0.2, 0.25) is 0 Å². The van der Waals surface area contributed by atoms with Crippen molar-refractivity contribution in [3.8, 4) is 0 Å². The highest BCUT2D eigenvalue weighted by molar-refractivity contribution is 7.13. The van der Waals surface area contributed by atoms with Crippen molar-refractivity contribution in [3.63, 3.8) is 0 Å². The summed E-state index contributed by atoms with van der Waals surface area (Å²) in [5.74, 6) is -1.00. The third-order valence-electron chi connectivity index (χ3n) is 2.82. The summed E-state index contributed by atoms with van der Waals surface area (Å²) in [7, 11) is 1.26. The second kappa shape index (κ2) is 5.72. The van der Waals surface area contributed by atoms with E-state index in [0.717, 1.165) is 11.3 Å². The number of thiazole rings is 1. The van der Waals surface area contributed by atoms with Gasteiger partial charge in [-0.05, 0) is 6.07 Å². The van der Waals surface area contributed by atoms with E-state index in [2.05, 4.69) is 25.3 Å². The topological polar surface area (TPSA) is 132 Å². The molecule has 0 saturated carbocycles. The maximum absolute atomic E-state index is 12.3. The second-order valence-electron chi connectivity index (χ2n) is 4.29. The minimum atomic E-state index is -1.47. The van der Waals surface area contributed by atoms with Crippen LogP contribution in [0.1, 0.15) is 5.69 Å². The number of anilines is 1. The van der Waals surface area contributed by atoms with E-state index in [9.17, 15) is 10.0 Å². The van der Waals surface area contributed by atoms with Gasteiger partial charge in [0.2, 0.25) is 5.71 Å². The molecule has 2 aromatic rings. The molecule has 1 aliphatic heterocycles. The Hall–Kier alpha value is -2.89. The molecule has 10 nitrogen and oxygen atoms in total. The first-order valence-corrected chi connectivity index (χ1v) is 7.12. The van der Waals surface area contributed by atoms with Crippen LogP contribution in [0.3, 0.4) is 0 Å². The molecule has 0 bridgehead atoms. The SMILES string of the molecule is CON=C(C(=O)O[N+]1(O)N=Nc2ccccc21)c1csc(N)n1. The second-order valence-corrected chi connectivity index (χ2v) is 5.18. The van der Waals surface area contributed by atoms with Crippen LogP contribution in [0.25, 0.3) is 0 Å². The Morgan fingerprint density at radius 3 is 2.91 bits per heavy atom. The van der Waals surface area contributed by atoms with Crippen LogP contribution in [0.5, 0.6) is 0 Å². The molecule has 0 aliphatic carbocycles. The number of nitrogen functional groups attached to an aromatic ring is 1. The van der Waals surface area contributed by atoms with Crippen molar-refractivity contribution >= 4 is 39.5 Å². The lowest BCUT2D eigenvalue weighted by molar-refractivity contribution is -0.300. The molecule has 3 rings (SSSR count). The molecule has 1 aromatic heterocycles. The molecular formula is C12H11N6O4S+. The molecule has 1 atom stereocenters. The maximum Gasteiger partial charge on any atom is 0.430 e. The predicted octanol–water partition coefficient (Wildman–Crippen LogP) is 1.94. The number of rotatable bonds is 4. The number of nitrogens with zero attached hydrogens (tertiary/aromatic N) is 5. The number of benzene rings is 1. The number of oxime groups is 1. The van der Waals surface area contributed by atoms with Gasteiger partial charge in [-0.2, -0.15) is 4.84 Å². The predicted molar refractivity (Wildman–Crippen MR) is 80.7 cm³/mol. The van der Waals surface area contributed by atoms with Crippen molar-refractivity contribution in [3.05, 3.63) is 35.3 Å². The van der Waals surface area contributed by atoms with Crippen molar-refractivity contribution < 1.29 is 19.7 Å². The van der Waals surface area contributed by atoms with E-state index in [-0.39, 0.29) is 22.2 Å². The van der Waals surface area contributed by atoms with Crippen molar-refractivity contribution in [2.24, 2.45) is 15.5 Å². The molecule has 0 saturated heterocycles. The van der Waals surface area contributed by atoms with Gasteiger partial charge in [-0.25, -0.2) is 9.78 Å². The summed E-state index contributed by atoms with van der Waals surface area (Å²) in [6.07, 6.45) is 0. The average molecular weight is 335 g/mol. The van der Waals surface area contributed by atoms with Gasteiger partial charge in [0.15, 0.2) is 15.7 Å². The number of carbonyl (C=O) groups is 1. The van der Waals surface area contributed by atoms with Gasteiger partial charge < -0.3 is 10.6 Å². The monoisotopic (exact) mass is 335 g/mol. The highest BCUT2D eigenvalue weighted by atomic mass is 32.1. The molecule has 1 aromatic carbocycles. The zero-order valence-electron chi connectivity index (χ0n) is 11.8. The number of quaternary nitrogens is 1. The van der Waals surface area contributed by atoms with Crippen molar-refractivity contribution in [1.29, 1.82) is 0 Å². The van der Waals surface area contributed by atoms with E-state index in [0.29, 0.717) is 5.69 Å². The summed E-state index contributed by atoms with van der Waals surface area (Å²) >= 11 is 1.12. The fourth-order valence-corrected chi connectivity index (χ4v) is 2.40. The van der Waals surface area contributed by atoms with Gasteiger partial charge >= 0.3 is 5.97 Å². The third kappa shape index (κ3) is 2.75. The maximum atomic E-state index is 12.3. The third-order valence-corrected chi connectivity index (χ3v) is 3.49. The Bertz CT molecular complexity index is 819. The first kappa shape index (κ1) is 15.0. The standard InChI is InChI=1S/C12H11N6O4S/c1-21-16-10(8-6-23-12(13)14-8)11(19)22-18(20)9-5-3-2-4-7(9)15-17-18/h2-6,20H,1H3,(H2,13,14)/q+1. The minimum Gasteiger partial charge on any atom is -0.398 e. The lowest BCUT2D eigenvalue weighted by Crippen LogP contribution is -2.42. The fourth-order valence-electron chi connectivity index (χ4n) is 1.85. The largest absolute Gasteiger partial charge is 0.430 e. The fraction of sp³-hybridized carbons (Fsp3) is 0.0833. The number of aromatic nitrogens is 1. The normalized spacial score (nSPS) is 19.5. The van der Waals surface area contributed by atoms with Gasteiger partial charge in [-0.15, -0.1) is 16.5 Å². The van der Waals surface area contributed by atoms with Gasteiger partial charge in [0.05, 0.1) is 0 Å². The zero-order chi connectivity index (χ0) is 16.4. The van der Waals surface area contributed by atoms with E-state index in [4.69, 9.17) is 10.6 Å². The zero-order valence-corrected chi connectivity index (χ0v) is 12.6. The van der Waals surface area contributed by atoms with Crippen molar-refractivity contribution in [2.75, 3.05) is 12.8 Å². The quantitative estimate of drug-likeness (QED) is 0.498. The molecule has 3 N–H and O–H groups in total. The van der Waals surface area contributed by atoms with Crippen LogP contribution < -0.4 is 10.7 Å². The Labute approximate surface area is 133 Å². The number of hydrogen-bond donors (Lipinski definition) is 2. The van der Waals surface area contributed by atoms with E-state index in [1.807, 2.05) is 0 Å². The summed E-state index contributed by atoms with van der Waals surface area (Å²) in [6, 6.07) is 6.51. The molecule has 0 fully saturated rings. The van der Waals surface area contributed by atoms with Crippen LogP contribution >= 0.6 is 11.3 Å². The minimum absolute atomic E-state index is 0.162. The van der Waals surface area contributed by atoms with Crippen LogP contribution in [-0.4, -0.2) is 29.0 Å². The highest BCUT2D eigenvalue weighted by Crippen LogP contribution is 2.39. The van der Waals surface area contributed by atoms with Crippen molar-refractivity contribution in [2.45, 2.75) is 0 Å².